The van der Waals surface area contributed by atoms with E-state index >= 15 is 0 Å². The van der Waals surface area contributed by atoms with Crippen molar-refractivity contribution in [1.29, 1.82) is 0 Å². The summed E-state index contributed by atoms with van der Waals surface area (Å²) >= 11 is 11.6. The highest BCUT2D eigenvalue weighted by atomic mass is 35.5. The Morgan fingerprint density at radius 3 is 2.62 bits per heavy atom. The van der Waals surface area contributed by atoms with Crippen LogP contribution in [0.3, 0.4) is 0 Å². The number of amides is 1. The van der Waals surface area contributed by atoms with E-state index in [0.717, 1.165) is 12.8 Å². The van der Waals surface area contributed by atoms with Crippen LogP contribution in [0.15, 0.2) is 18.2 Å². The molecule has 116 valence electrons. The molecule has 0 aromatic heterocycles. The highest BCUT2D eigenvalue weighted by Crippen LogP contribution is 2.26. The van der Waals surface area contributed by atoms with Crippen LogP contribution >= 0.6 is 23.2 Å². The first-order valence-corrected chi connectivity index (χ1v) is 7.29. The van der Waals surface area contributed by atoms with E-state index < -0.39 is 17.9 Å². The van der Waals surface area contributed by atoms with Gasteiger partial charge in [0.15, 0.2) is 6.61 Å². The van der Waals surface area contributed by atoms with Gasteiger partial charge >= 0.3 is 5.97 Å². The molecule has 1 rings (SSSR count). The molecular weight excluding hydrogens is 317 g/mol. The van der Waals surface area contributed by atoms with Crippen LogP contribution in [0.4, 0.5) is 0 Å². The number of ether oxygens (including phenoxy) is 1. The molecule has 0 heterocycles. The Balaban J connectivity index is 2.48. The number of unbranched alkanes of at least 4 members (excludes halogenated alkanes) is 1. The molecule has 0 saturated carbocycles. The summed E-state index contributed by atoms with van der Waals surface area (Å²) in [6.45, 7) is 1.67. The number of carboxylic acid groups (broad SMARTS) is 1. The number of benzene rings is 1. The molecule has 2 N–H and O–H groups in total. The van der Waals surface area contributed by atoms with Crippen molar-refractivity contribution in [2.75, 3.05) is 6.61 Å². The van der Waals surface area contributed by atoms with E-state index in [2.05, 4.69) is 5.32 Å². The summed E-state index contributed by atoms with van der Waals surface area (Å²) < 4.78 is 5.24. The summed E-state index contributed by atoms with van der Waals surface area (Å²) in [5.41, 5.74) is 0. The van der Waals surface area contributed by atoms with E-state index in [0.29, 0.717) is 22.2 Å². The lowest BCUT2D eigenvalue weighted by Gasteiger charge is -2.14. The van der Waals surface area contributed by atoms with Crippen LogP contribution in [-0.4, -0.2) is 29.6 Å². The van der Waals surface area contributed by atoms with Gasteiger partial charge in [-0.3, -0.25) is 4.79 Å². The highest BCUT2D eigenvalue weighted by Gasteiger charge is 2.19. The highest BCUT2D eigenvalue weighted by molar-refractivity contribution is 6.42. The first kappa shape index (κ1) is 17.6. The van der Waals surface area contributed by atoms with Gasteiger partial charge in [-0.05, 0) is 18.6 Å². The number of hydrogen-bond donors (Lipinski definition) is 2. The van der Waals surface area contributed by atoms with E-state index in [4.69, 9.17) is 33.0 Å². The smallest absolute Gasteiger partial charge is 0.326 e. The molecular formula is C14H17Cl2NO4. The van der Waals surface area contributed by atoms with E-state index in [9.17, 15) is 9.59 Å². The van der Waals surface area contributed by atoms with E-state index in [1.165, 1.54) is 6.07 Å². The molecule has 0 fully saturated rings. The summed E-state index contributed by atoms with van der Waals surface area (Å²) in [5.74, 6) is -1.16. The van der Waals surface area contributed by atoms with Crippen molar-refractivity contribution in [3.63, 3.8) is 0 Å². The zero-order valence-electron chi connectivity index (χ0n) is 11.6. The number of rotatable bonds is 8. The van der Waals surface area contributed by atoms with E-state index in [-0.39, 0.29) is 6.61 Å². The third kappa shape index (κ3) is 6.23. The van der Waals surface area contributed by atoms with Crippen molar-refractivity contribution in [3.8, 4) is 5.75 Å². The molecule has 0 unspecified atom stereocenters. The van der Waals surface area contributed by atoms with Crippen LogP contribution in [0, 0.1) is 0 Å². The zero-order valence-corrected chi connectivity index (χ0v) is 13.1. The predicted octanol–water partition coefficient (Wildman–Crippen LogP) is 3.13. The lowest BCUT2D eigenvalue weighted by Crippen LogP contribution is -2.42. The molecule has 0 saturated heterocycles. The van der Waals surface area contributed by atoms with Gasteiger partial charge in [0.25, 0.3) is 5.91 Å². The fraction of sp³-hybridized carbons (Fsp3) is 0.429. The number of carbonyl (C=O) groups excluding carboxylic acids is 1. The molecule has 1 amide bonds. The second-order valence-electron chi connectivity index (χ2n) is 4.47. The molecule has 1 atom stereocenters. The molecule has 0 spiro atoms. The van der Waals surface area contributed by atoms with E-state index in [1.54, 1.807) is 12.1 Å². The SMILES string of the molecule is CCCC[C@H](NC(=O)COc1ccc(Cl)c(Cl)c1)C(=O)O. The molecule has 1 aromatic rings. The normalized spacial score (nSPS) is 11.8. The Hall–Kier alpha value is -1.46. The van der Waals surface area contributed by atoms with Crippen LogP contribution in [0.2, 0.25) is 10.0 Å². The summed E-state index contributed by atoms with van der Waals surface area (Å²) in [5, 5.41) is 12.1. The van der Waals surface area contributed by atoms with Gasteiger partial charge in [0.1, 0.15) is 11.8 Å². The maximum atomic E-state index is 11.7. The van der Waals surface area contributed by atoms with Gasteiger partial charge in [-0.1, -0.05) is 43.0 Å². The molecule has 0 aliphatic carbocycles. The fourth-order valence-electron chi connectivity index (χ4n) is 1.62. The Kier molecular flexibility index (Phi) is 7.32. The lowest BCUT2D eigenvalue weighted by atomic mass is 10.1. The van der Waals surface area contributed by atoms with Crippen LogP contribution in [0.1, 0.15) is 26.2 Å². The Labute approximate surface area is 133 Å². The fourth-order valence-corrected chi connectivity index (χ4v) is 1.91. The molecule has 7 heteroatoms. The van der Waals surface area contributed by atoms with Crippen molar-refractivity contribution >= 4 is 35.1 Å². The third-order valence-electron chi connectivity index (χ3n) is 2.74. The second-order valence-corrected chi connectivity index (χ2v) is 5.28. The standard InChI is InChI=1S/C14H17Cl2NO4/c1-2-3-4-12(14(19)20)17-13(18)8-21-9-5-6-10(15)11(16)7-9/h5-7,12H,2-4,8H2,1H3,(H,17,18)(H,19,20)/t12-/m0/s1. The van der Waals surface area contributed by atoms with Crippen molar-refractivity contribution in [1.82, 2.24) is 5.32 Å². The minimum absolute atomic E-state index is 0.284. The van der Waals surface area contributed by atoms with Gasteiger partial charge in [0, 0.05) is 6.07 Å². The monoisotopic (exact) mass is 333 g/mol. The second kappa shape index (κ2) is 8.74. The van der Waals surface area contributed by atoms with Crippen LogP contribution in [-0.2, 0) is 9.59 Å². The minimum Gasteiger partial charge on any atom is -0.484 e. The van der Waals surface area contributed by atoms with Crippen LogP contribution in [0.25, 0.3) is 0 Å². The minimum atomic E-state index is -1.05. The van der Waals surface area contributed by atoms with Gasteiger partial charge in [-0.15, -0.1) is 0 Å². The largest absolute Gasteiger partial charge is 0.484 e. The van der Waals surface area contributed by atoms with Crippen LogP contribution in [0.5, 0.6) is 5.75 Å². The van der Waals surface area contributed by atoms with Gasteiger partial charge in [0.05, 0.1) is 10.0 Å². The summed E-state index contributed by atoms with van der Waals surface area (Å²) in [4.78, 5) is 22.7. The molecule has 0 radical (unpaired) electrons. The predicted molar refractivity (Wildman–Crippen MR) is 81.0 cm³/mol. The molecule has 1 aromatic carbocycles. The Morgan fingerprint density at radius 2 is 2.05 bits per heavy atom. The first-order valence-electron chi connectivity index (χ1n) is 6.54. The van der Waals surface area contributed by atoms with Crippen LogP contribution < -0.4 is 10.1 Å². The van der Waals surface area contributed by atoms with Crippen molar-refractivity contribution in [3.05, 3.63) is 28.2 Å². The number of aliphatic carboxylic acids is 1. The number of carbonyl (C=O) groups is 2. The number of nitrogens with one attached hydrogen (secondary N) is 1. The number of hydrogen-bond acceptors (Lipinski definition) is 3. The van der Waals surface area contributed by atoms with Crippen molar-refractivity contribution in [2.24, 2.45) is 0 Å². The van der Waals surface area contributed by atoms with Gasteiger partial charge in [-0.25, -0.2) is 4.79 Å². The average molecular weight is 334 g/mol. The topological polar surface area (TPSA) is 75.6 Å². The molecule has 5 nitrogen and oxygen atoms in total. The zero-order chi connectivity index (χ0) is 15.8. The van der Waals surface area contributed by atoms with Crippen molar-refractivity contribution < 1.29 is 19.4 Å². The summed E-state index contributed by atoms with van der Waals surface area (Å²) in [6.07, 6.45) is 1.98. The molecule has 0 aliphatic heterocycles. The molecule has 0 bridgehead atoms. The average Bonchev–Trinajstić information content (AvgIpc) is 2.44. The molecule has 21 heavy (non-hydrogen) atoms. The maximum absolute atomic E-state index is 11.7. The van der Waals surface area contributed by atoms with Crippen molar-refractivity contribution in [2.45, 2.75) is 32.2 Å². The van der Waals surface area contributed by atoms with Gasteiger partial charge in [-0.2, -0.15) is 0 Å². The third-order valence-corrected chi connectivity index (χ3v) is 3.48. The molecule has 0 aliphatic rings. The number of carboxylic acids is 1. The lowest BCUT2D eigenvalue weighted by molar-refractivity contribution is -0.142. The summed E-state index contributed by atoms with van der Waals surface area (Å²) in [6, 6.07) is 3.73. The van der Waals surface area contributed by atoms with E-state index in [1.807, 2.05) is 6.92 Å². The Morgan fingerprint density at radius 1 is 1.33 bits per heavy atom. The maximum Gasteiger partial charge on any atom is 0.326 e. The van der Waals surface area contributed by atoms with Gasteiger partial charge < -0.3 is 15.2 Å². The Bertz CT molecular complexity index is 508. The number of halogens is 2. The van der Waals surface area contributed by atoms with Gasteiger partial charge in [0.2, 0.25) is 0 Å². The quantitative estimate of drug-likeness (QED) is 0.766. The summed E-state index contributed by atoms with van der Waals surface area (Å²) in [7, 11) is 0. The first-order chi connectivity index (χ1) is 9.93.